The van der Waals surface area contributed by atoms with E-state index in [9.17, 15) is 0 Å². The van der Waals surface area contributed by atoms with E-state index in [1.54, 1.807) is 0 Å². The Morgan fingerprint density at radius 1 is 1.00 bits per heavy atom. The molecule has 0 aliphatic rings. The van der Waals surface area contributed by atoms with Crippen molar-refractivity contribution >= 4 is 28.7 Å². The fraction of sp³-hybridized carbons (Fsp3) is 0.278. The van der Waals surface area contributed by atoms with Gasteiger partial charge >= 0.3 is 0 Å². The van der Waals surface area contributed by atoms with Crippen molar-refractivity contribution in [2.24, 2.45) is 0 Å². The van der Waals surface area contributed by atoms with Crippen molar-refractivity contribution in [1.29, 1.82) is 0 Å². The third kappa shape index (κ3) is 4.46. The Labute approximate surface area is 138 Å². The van der Waals surface area contributed by atoms with Crippen LogP contribution in [0.3, 0.4) is 0 Å². The Morgan fingerprint density at radius 3 is 2.27 bits per heavy atom. The molecular weight excluding hydrogens is 290 g/mol. The van der Waals surface area contributed by atoms with E-state index in [1.807, 2.05) is 20.2 Å². The van der Waals surface area contributed by atoms with E-state index in [0.29, 0.717) is 11.7 Å². The summed E-state index contributed by atoms with van der Waals surface area (Å²) >= 11 is 5.35. The van der Waals surface area contributed by atoms with Gasteiger partial charge in [-0.15, -0.1) is 0 Å². The largest absolute Gasteiger partial charge is 0.378 e. The summed E-state index contributed by atoms with van der Waals surface area (Å²) in [5.74, 6) is 0. The molecule has 0 aliphatic heterocycles. The molecule has 0 saturated heterocycles. The van der Waals surface area contributed by atoms with Gasteiger partial charge in [-0.25, -0.2) is 0 Å². The molecule has 0 bridgehead atoms. The first kappa shape index (κ1) is 16.3. The van der Waals surface area contributed by atoms with Gasteiger partial charge in [0, 0.05) is 32.0 Å². The third-order valence-corrected chi connectivity index (χ3v) is 3.92. The van der Waals surface area contributed by atoms with Crippen molar-refractivity contribution in [3.8, 4) is 0 Å². The fourth-order valence-corrected chi connectivity index (χ4v) is 2.28. The van der Waals surface area contributed by atoms with Crippen LogP contribution < -0.4 is 15.5 Å². The Bertz CT molecular complexity index is 648. The highest BCUT2D eigenvalue weighted by Gasteiger charge is 2.01. The lowest BCUT2D eigenvalue weighted by atomic mass is 10.1. The van der Waals surface area contributed by atoms with Crippen LogP contribution in [0.25, 0.3) is 0 Å². The van der Waals surface area contributed by atoms with E-state index in [4.69, 9.17) is 12.2 Å². The molecule has 0 atom stereocenters. The molecule has 2 rings (SSSR count). The Kier molecular flexibility index (Phi) is 5.39. The number of nitrogens with one attached hydrogen (secondary N) is 2. The summed E-state index contributed by atoms with van der Waals surface area (Å²) in [6.45, 7) is 4.92. The molecule has 2 N–H and O–H groups in total. The van der Waals surface area contributed by atoms with Crippen molar-refractivity contribution in [3.63, 3.8) is 0 Å². The number of benzene rings is 2. The Morgan fingerprint density at radius 2 is 1.68 bits per heavy atom. The number of anilines is 2. The lowest BCUT2D eigenvalue weighted by Crippen LogP contribution is -2.27. The number of nitrogens with zero attached hydrogens (tertiary/aromatic N) is 1. The average Bonchev–Trinajstić information content (AvgIpc) is 2.49. The maximum absolute atomic E-state index is 5.35. The van der Waals surface area contributed by atoms with Crippen molar-refractivity contribution in [3.05, 3.63) is 59.2 Å². The van der Waals surface area contributed by atoms with Crippen LogP contribution in [-0.2, 0) is 6.54 Å². The zero-order valence-corrected chi connectivity index (χ0v) is 14.4. The molecule has 2 aromatic carbocycles. The zero-order valence-electron chi connectivity index (χ0n) is 13.6. The minimum Gasteiger partial charge on any atom is -0.378 e. The molecule has 0 spiro atoms. The lowest BCUT2D eigenvalue weighted by molar-refractivity contribution is 0.925. The van der Waals surface area contributed by atoms with Gasteiger partial charge < -0.3 is 15.5 Å². The SMILES string of the molecule is Cc1ccc(NC(=S)NCc2ccc(N(C)C)cc2)cc1C. The standard InChI is InChI=1S/C18H23N3S/c1-13-5-8-16(11-14(13)2)20-18(22)19-12-15-6-9-17(10-7-15)21(3)4/h5-11H,12H2,1-4H3,(H2,19,20,22). The van der Waals surface area contributed by atoms with Crippen LogP contribution in [-0.4, -0.2) is 19.2 Å². The highest BCUT2D eigenvalue weighted by molar-refractivity contribution is 7.80. The van der Waals surface area contributed by atoms with Gasteiger partial charge in [-0.1, -0.05) is 18.2 Å². The molecule has 0 aromatic heterocycles. The molecule has 116 valence electrons. The second-order valence-electron chi connectivity index (χ2n) is 5.67. The zero-order chi connectivity index (χ0) is 16.1. The first-order valence-electron chi connectivity index (χ1n) is 7.34. The summed E-state index contributed by atoms with van der Waals surface area (Å²) in [6, 6.07) is 14.7. The van der Waals surface area contributed by atoms with Gasteiger partial charge in [0.2, 0.25) is 0 Å². The molecule has 0 amide bonds. The van der Waals surface area contributed by atoms with Crippen LogP contribution >= 0.6 is 12.2 Å². The third-order valence-electron chi connectivity index (χ3n) is 3.67. The van der Waals surface area contributed by atoms with Crippen molar-refractivity contribution in [2.45, 2.75) is 20.4 Å². The molecule has 0 fully saturated rings. The van der Waals surface area contributed by atoms with Gasteiger partial charge in [0.1, 0.15) is 0 Å². The van der Waals surface area contributed by atoms with Crippen LogP contribution in [0, 0.1) is 13.8 Å². The van der Waals surface area contributed by atoms with Crippen molar-refractivity contribution in [1.82, 2.24) is 5.32 Å². The second-order valence-corrected chi connectivity index (χ2v) is 6.08. The van der Waals surface area contributed by atoms with Gasteiger partial charge in [0.15, 0.2) is 5.11 Å². The summed E-state index contributed by atoms with van der Waals surface area (Å²) in [7, 11) is 4.08. The molecule has 0 radical (unpaired) electrons. The van der Waals surface area contributed by atoms with Crippen LogP contribution in [0.15, 0.2) is 42.5 Å². The van der Waals surface area contributed by atoms with Crippen LogP contribution in [0.1, 0.15) is 16.7 Å². The fourth-order valence-electron chi connectivity index (χ4n) is 2.09. The Hall–Kier alpha value is -2.07. The summed E-state index contributed by atoms with van der Waals surface area (Å²) in [4.78, 5) is 2.09. The quantitative estimate of drug-likeness (QED) is 0.838. The monoisotopic (exact) mass is 313 g/mol. The van der Waals surface area contributed by atoms with Gasteiger partial charge in [0.05, 0.1) is 0 Å². The Balaban J connectivity index is 1.88. The average molecular weight is 313 g/mol. The van der Waals surface area contributed by atoms with E-state index in [0.717, 1.165) is 5.69 Å². The number of hydrogen-bond acceptors (Lipinski definition) is 2. The molecular formula is C18H23N3S. The summed E-state index contributed by atoms with van der Waals surface area (Å²) in [6.07, 6.45) is 0. The number of aryl methyl sites for hydroxylation is 2. The van der Waals surface area contributed by atoms with E-state index < -0.39 is 0 Å². The van der Waals surface area contributed by atoms with Crippen molar-refractivity contribution < 1.29 is 0 Å². The normalized spacial score (nSPS) is 10.2. The minimum absolute atomic E-state index is 0.639. The van der Waals surface area contributed by atoms with E-state index in [-0.39, 0.29) is 0 Å². The lowest BCUT2D eigenvalue weighted by Gasteiger charge is -2.14. The molecule has 0 heterocycles. The summed E-state index contributed by atoms with van der Waals surface area (Å²) in [5.41, 5.74) is 5.95. The molecule has 0 unspecified atom stereocenters. The van der Waals surface area contributed by atoms with Crippen LogP contribution in [0.2, 0.25) is 0 Å². The highest BCUT2D eigenvalue weighted by atomic mass is 32.1. The van der Waals surface area contributed by atoms with Crippen molar-refractivity contribution in [2.75, 3.05) is 24.3 Å². The van der Waals surface area contributed by atoms with Crippen LogP contribution in [0.5, 0.6) is 0 Å². The second kappa shape index (κ2) is 7.27. The minimum atomic E-state index is 0.639. The maximum atomic E-state index is 5.35. The highest BCUT2D eigenvalue weighted by Crippen LogP contribution is 2.14. The van der Waals surface area contributed by atoms with E-state index >= 15 is 0 Å². The topological polar surface area (TPSA) is 27.3 Å². The van der Waals surface area contributed by atoms with E-state index in [1.165, 1.54) is 22.4 Å². The molecule has 22 heavy (non-hydrogen) atoms. The summed E-state index contributed by atoms with van der Waals surface area (Å²) in [5, 5.41) is 7.10. The predicted octanol–water partition coefficient (Wildman–Crippen LogP) is 3.86. The van der Waals surface area contributed by atoms with Gasteiger partial charge in [-0.05, 0) is 67.0 Å². The summed E-state index contributed by atoms with van der Waals surface area (Å²) < 4.78 is 0. The number of hydrogen-bond donors (Lipinski definition) is 2. The first-order valence-corrected chi connectivity index (χ1v) is 7.75. The number of thiocarbonyl (C=S) groups is 1. The van der Waals surface area contributed by atoms with E-state index in [2.05, 4.69) is 65.8 Å². The van der Waals surface area contributed by atoms with Gasteiger partial charge in [-0.2, -0.15) is 0 Å². The van der Waals surface area contributed by atoms with Gasteiger partial charge in [-0.3, -0.25) is 0 Å². The number of rotatable bonds is 4. The maximum Gasteiger partial charge on any atom is 0.171 e. The molecule has 0 saturated carbocycles. The smallest absolute Gasteiger partial charge is 0.171 e. The van der Waals surface area contributed by atoms with Crippen LogP contribution in [0.4, 0.5) is 11.4 Å². The van der Waals surface area contributed by atoms with Gasteiger partial charge in [0.25, 0.3) is 0 Å². The first-order chi connectivity index (χ1) is 10.5. The molecule has 4 heteroatoms. The predicted molar refractivity (Wildman–Crippen MR) is 99.7 cm³/mol. The molecule has 0 aliphatic carbocycles. The molecule has 2 aromatic rings. The molecule has 3 nitrogen and oxygen atoms in total.